The molecule has 0 spiro atoms. The number of nitrogens with one attached hydrogen (secondary N) is 1. The van der Waals surface area contributed by atoms with E-state index in [-0.39, 0.29) is 5.91 Å². The number of aryl methyl sites for hydroxylation is 1. The molecule has 0 bridgehead atoms. The molecule has 146 valence electrons. The Kier molecular flexibility index (Phi) is 6.11. The van der Waals surface area contributed by atoms with E-state index in [1.54, 1.807) is 0 Å². The highest BCUT2D eigenvalue weighted by Crippen LogP contribution is 2.24. The molecule has 1 heterocycles. The Hall–Kier alpha value is -2.55. The van der Waals surface area contributed by atoms with Crippen LogP contribution in [0.25, 0.3) is 10.9 Å². The summed E-state index contributed by atoms with van der Waals surface area (Å²) in [6.07, 6.45) is 11.0. The third-order valence-corrected chi connectivity index (χ3v) is 5.91. The van der Waals surface area contributed by atoms with Crippen LogP contribution in [0.4, 0.5) is 0 Å². The Bertz CT molecular complexity index is 905. The lowest BCUT2D eigenvalue weighted by molar-refractivity contribution is -0.121. The number of hydrogen-bond acceptors (Lipinski definition) is 1. The molecule has 0 radical (unpaired) electrons. The van der Waals surface area contributed by atoms with Crippen LogP contribution in [0, 0.1) is 0 Å². The van der Waals surface area contributed by atoms with E-state index in [0.717, 1.165) is 25.8 Å². The molecule has 0 atom stereocenters. The molecule has 1 fully saturated rings. The fourth-order valence-corrected chi connectivity index (χ4v) is 4.40. The molecule has 1 saturated carbocycles. The van der Waals surface area contributed by atoms with Crippen LogP contribution in [0.3, 0.4) is 0 Å². The van der Waals surface area contributed by atoms with Crippen LogP contribution < -0.4 is 5.32 Å². The first-order chi connectivity index (χ1) is 13.8. The minimum atomic E-state index is 0.201. The van der Waals surface area contributed by atoms with Crippen molar-refractivity contribution in [1.29, 1.82) is 0 Å². The lowest BCUT2D eigenvalue weighted by atomic mass is 10.1. The Morgan fingerprint density at radius 3 is 2.43 bits per heavy atom. The lowest BCUT2D eigenvalue weighted by Crippen LogP contribution is -2.34. The van der Waals surface area contributed by atoms with Gasteiger partial charge in [0.1, 0.15) is 0 Å². The second-order valence-electron chi connectivity index (χ2n) is 8.04. The van der Waals surface area contributed by atoms with Crippen LogP contribution in [-0.4, -0.2) is 16.5 Å². The summed E-state index contributed by atoms with van der Waals surface area (Å²) in [6.45, 7) is 0.857. The maximum absolute atomic E-state index is 12.5. The summed E-state index contributed by atoms with van der Waals surface area (Å²) in [5, 5.41) is 4.54. The molecule has 3 heteroatoms. The average Bonchev–Trinajstić information content (AvgIpc) is 2.88. The summed E-state index contributed by atoms with van der Waals surface area (Å²) >= 11 is 0. The Morgan fingerprint density at radius 1 is 0.929 bits per heavy atom. The molecule has 1 aliphatic rings. The van der Waals surface area contributed by atoms with Crippen LogP contribution in [-0.2, 0) is 17.8 Å². The minimum absolute atomic E-state index is 0.201. The number of rotatable bonds is 6. The summed E-state index contributed by atoms with van der Waals surface area (Å²) in [5.41, 5.74) is 3.80. The van der Waals surface area contributed by atoms with Crippen LogP contribution >= 0.6 is 0 Å². The fraction of sp³-hybridized carbons (Fsp3) is 0.400. The summed E-state index contributed by atoms with van der Waals surface area (Å²) in [7, 11) is 0. The number of amides is 1. The molecule has 1 amide bonds. The van der Waals surface area contributed by atoms with Gasteiger partial charge < -0.3 is 9.88 Å². The number of fused-ring (bicyclic) bond motifs is 1. The van der Waals surface area contributed by atoms with Gasteiger partial charge in [0, 0.05) is 36.1 Å². The molecule has 1 N–H and O–H groups in total. The zero-order valence-corrected chi connectivity index (χ0v) is 16.6. The standard InChI is InChI=1S/C25H30N2O/c28-25(26-22-12-6-1-2-7-13-22)17-16-21-19-27(18-20-10-4-3-5-11-20)24-15-9-8-14-23(21)24/h3-5,8-11,14-15,19,22H,1-2,6-7,12-13,16-18H2,(H,26,28). The maximum atomic E-state index is 12.5. The van der Waals surface area contributed by atoms with Crippen molar-refractivity contribution in [1.82, 2.24) is 9.88 Å². The molecule has 3 nitrogen and oxygen atoms in total. The van der Waals surface area contributed by atoms with Crippen LogP contribution in [0.1, 0.15) is 56.1 Å². The first-order valence-corrected chi connectivity index (χ1v) is 10.7. The molecule has 0 unspecified atom stereocenters. The van der Waals surface area contributed by atoms with Crippen molar-refractivity contribution in [3.63, 3.8) is 0 Å². The van der Waals surface area contributed by atoms with Crippen molar-refractivity contribution >= 4 is 16.8 Å². The summed E-state index contributed by atoms with van der Waals surface area (Å²) in [5.74, 6) is 0.201. The molecule has 0 saturated heterocycles. The van der Waals surface area contributed by atoms with E-state index < -0.39 is 0 Å². The highest BCUT2D eigenvalue weighted by Gasteiger charge is 2.15. The van der Waals surface area contributed by atoms with E-state index in [9.17, 15) is 4.79 Å². The van der Waals surface area contributed by atoms with E-state index in [1.165, 1.54) is 47.7 Å². The molecule has 1 aromatic heterocycles. The Balaban J connectivity index is 1.44. The monoisotopic (exact) mass is 374 g/mol. The minimum Gasteiger partial charge on any atom is -0.353 e. The molecule has 3 aromatic rings. The van der Waals surface area contributed by atoms with Gasteiger partial charge >= 0.3 is 0 Å². The number of carbonyl (C=O) groups excluding carboxylic acids is 1. The van der Waals surface area contributed by atoms with Crippen molar-refractivity contribution in [2.24, 2.45) is 0 Å². The van der Waals surface area contributed by atoms with Gasteiger partial charge in [-0.2, -0.15) is 0 Å². The summed E-state index contributed by atoms with van der Waals surface area (Å²) in [6, 6.07) is 19.5. The van der Waals surface area contributed by atoms with Crippen molar-refractivity contribution in [2.45, 2.75) is 64.0 Å². The van der Waals surface area contributed by atoms with Crippen molar-refractivity contribution in [3.05, 3.63) is 71.9 Å². The van der Waals surface area contributed by atoms with Crippen molar-refractivity contribution in [2.75, 3.05) is 0 Å². The largest absolute Gasteiger partial charge is 0.353 e. The number of carbonyl (C=O) groups is 1. The van der Waals surface area contributed by atoms with Crippen molar-refractivity contribution < 1.29 is 4.79 Å². The van der Waals surface area contributed by atoms with Crippen LogP contribution in [0.5, 0.6) is 0 Å². The van der Waals surface area contributed by atoms with Gasteiger partial charge in [0.05, 0.1) is 0 Å². The molecular weight excluding hydrogens is 344 g/mol. The highest BCUT2D eigenvalue weighted by atomic mass is 16.1. The molecule has 2 aromatic carbocycles. The number of hydrogen-bond donors (Lipinski definition) is 1. The molecule has 4 rings (SSSR count). The quantitative estimate of drug-likeness (QED) is 0.571. The number of benzene rings is 2. The first kappa shape index (κ1) is 18.8. The van der Waals surface area contributed by atoms with Gasteiger partial charge in [-0.25, -0.2) is 0 Å². The fourth-order valence-electron chi connectivity index (χ4n) is 4.40. The normalized spacial score (nSPS) is 15.4. The van der Waals surface area contributed by atoms with E-state index in [0.29, 0.717) is 12.5 Å². The Labute approximate surface area is 167 Å². The smallest absolute Gasteiger partial charge is 0.220 e. The van der Waals surface area contributed by atoms with E-state index >= 15 is 0 Å². The van der Waals surface area contributed by atoms with Gasteiger partial charge in [-0.3, -0.25) is 4.79 Å². The number of para-hydroxylation sites is 1. The van der Waals surface area contributed by atoms with Crippen LogP contribution in [0.15, 0.2) is 60.8 Å². The SMILES string of the molecule is O=C(CCc1cn(Cc2ccccc2)c2ccccc12)NC1CCCCCC1. The maximum Gasteiger partial charge on any atom is 0.220 e. The predicted octanol–water partition coefficient (Wildman–Crippen LogP) is 5.46. The summed E-state index contributed by atoms with van der Waals surface area (Å²) in [4.78, 5) is 12.5. The third-order valence-electron chi connectivity index (χ3n) is 5.91. The second-order valence-corrected chi connectivity index (χ2v) is 8.04. The highest BCUT2D eigenvalue weighted by molar-refractivity contribution is 5.85. The van der Waals surface area contributed by atoms with E-state index in [2.05, 4.69) is 70.7 Å². The molecule has 0 aliphatic heterocycles. The molecule has 28 heavy (non-hydrogen) atoms. The zero-order valence-electron chi connectivity index (χ0n) is 16.6. The first-order valence-electron chi connectivity index (χ1n) is 10.7. The average molecular weight is 375 g/mol. The number of aromatic nitrogens is 1. The predicted molar refractivity (Wildman–Crippen MR) is 115 cm³/mol. The topological polar surface area (TPSA) is 34.0 Å². The van der Waals surface area contributed by atoms with Gasteiger partial charge in [0.2, 0.25) is 5.91 Å². The van der Waals surface area contributed by atoms with Gasteiger partial charge in [0.25, 0.3) is 0 Å². The Morgan fingerprint density at radius 2 is 1.64 bits per heavy atom. The van der Waals surface area contributed by atoms with E-state index in [1.807, 2.05) is 0 Å². The molecule has 1 aliphatic carbocycles. The van der Waals surface area contributed by atoms with Crippen LogP contribution in [0.2, 0.25) is 0 Å². The van der Waals surface area contributed by atoms with Gasteiger partial charge in [-0.15, -0.1) is 0 Å². The van der Waals surface area contributed by atoms with Gasteiger partial charge in [0.15, 0.2) is 0 Å². The lowest BCUT2D eigenvalue weighted by Gasteiger charge is -2.16. The number of nitrogens with zero attached hydrogens (tertiary/aromatic N) is 1. The second kappa shape index (κ2) is 9.09. The zero-order chi connectivity index (χ0) is 19.2. The van der Waals surface area contributed by atoms with E-state index in [4.69, 9.17) is 0 Å². The van der Waals surface area contributed by atoms with Gasteiger partial charge in [-0.05, 0) is 36.5 Å². The summed E-state index contributed by atoms with van der Waals surface area (Å²) < 4.78 is 2.31. The third kappa shape index (κ3) is 4.64. The molecular formula is C25H30N2O. The van der Waals surface area contributed by atoms with Crippen molar-refractivity contribution in [3.8, 4) is 0 Å². The van der Waals surface area contributed by atoms with Gasteiger partial charge in [-0.1, -0.05) is 74.2 Å².